The Balaban J connectivity index is 1.88. The number of thioether (sulfide) groups is 1. The molecule has 20 heavy (non-hydrogen) atoms. The van der Waals surface area contributed by atoms with Crippen molar-refractivity contribution in [1.82, 2.24) is 0 Å². The standard InChI is InChI=1S/C15H18N2O2S/c1-11(18)9-15-16(2)13-10-12(3-4-14(13)20-15)17-5-7-19-8-6-17/h3-4,9-10H,5-8H2,1-2H3. The summed E-state index contributed by atoms with van der Waals surface area (Å²) in [4.78, 5) is 16.9. The van der Waals surface area contributed by atoms with Gasteiger partial charge in [-0.3, -0.25) is 4.79 Å². The number of hydrogen-bond acceptors (Lipinski definition) is 5. The number of hydrogen-bond donors (Lipinski definition) is 0. The third-order valence-electron chi connectivity index (χ3n) is 3.55. The average molecular weight is 290 g/mol. The summed E-state index contributed by atoms with van der Waals surface area (Å²) < 4.78 is 5.39. The molecule has 0 spiro atoms. The van der Waals surface area contributed by atoms with Gasteiger partial charge in [-0.1, -0.05) is 11.8 Å². The predicted octanol–water partition coefficient (Wildman–Crippen LogP) is 2.50. The maximum absolute atomic E-state index is 11.3. The topological polar surface area (TPSA) is 32.8 Å². The normalized spacial score (nSPS) is 20.4. The van der Waals surface area contributed by atoms with E-state index in [1.54, 1.807) is 24.8 Å². The molecule has 3 rings (SSSR count). The van der Waals surface area contributed by atoms with Gasteiger partial charge in [0.2, 0.25) is 0 Å². The summed E-state index contributed by atoms with van der Waals surface area (Å²) in [6.07, 6.45) is 1.69. The van der Waals surface area contributed by atoms with Crippen LogP contribution in [0.5, 0.6) is 0 Å². The first-order valence-corrected chi connectivity index (χ1v) is 7.57. The number of carbonyl (C=O) groups excluding carboxylic acids is 1. The molecule has 1 aromatic rings. The molecule has 0 unspecified atom stereocenters. The van der Waals surface area contributed by atoms with Crippen LogP contribution in [0.25, 0.3) is 0 Å². The van der Waals surface area contributed by atoms with Crippen molar-refractivity contribution in [2.75, 3.05) is 43.2 Å². The molecule has 2 heterocycles. The minimum atomic E-state index is 0.0839. The van der Waals surface area contributed by atoms with Crippen LogP contribution in [0.15, 0.2) is 34.2 Å². The van der Waals surface area contributed by atoms with Crippen molar-refractivity contribution in [3.8, 4) is 0 Å². The molecule has 106 valence electrons. The van der Waals surface area contributed by atoms with Gasteiger partial charge in [-0.05, 0) is 25.1 Å². The van der Waals surface area contributed by atoms with Crippen LogP contribution in [0, 0.1) is 0 Å². The van der Waals surface area contributed by atoms with Crippen LogP contribution in [0.3, 0.4) is 0 Å². The number of morpholine rings is 1. The zero-order chi connectivity index (χ0) is 14.1. The molecule has 2 aliphatic heterocycles. The van der Waals surface area contributed by atoms with Gasteiger partial charge in [0.15, 0.2) is 5.78 Å². The van der Waals surface area contributed by atoms with Gasteiger partial charge in [-0.15, -0.1) is 0 Å². The summed E-state index contributed by atoms with van der Waals surface area (Å²) in [6, 6.07) is 6.50. The van der Waals surface area contributed by atoms with Gasteiger partial charge in [-0.25, -0.2) is 0 Å². The second-order valence-electron chi connectivity index (χ2n) is 5.01. The van der Waals surface area contributed by atoms with Crippen molar-refractivity contribution in [3.05, 3.63) is 29.3 Å². The predicted molar refractivity (Wildman–Crippen MR) is 82.5 cm³/mol. The Bertz CT molecular complexity index is 565. The molecule has 0 atom stereocenters. The highest BCUT2D eigenvalue weighted by molar-refractivity contribution is 8.03. The Morgan fingerprint density at radius 2 is 2.10 bits per heavy atom. The van der Waals surface area contributed by atoms with Gasteiger partial charge < -0.3 is 14.5 Å². The van der Waals surface area contributed by atoms with Crippen LogP contribution in [0.1, 0.15) is 6.92 Å². The third-order valence-corrected chi connectivity index (χ3v) is 4.72. The van der Waals surface area contributed by atoms with Crippen molar-refractivity contribution in [2.24, 2.45) is 0 Å². The van der Waals surface area contributed by atoms with E-state index in [2.05, 4.69) is 28.0 Å². The van der Waals surface area contributed by atoms with Gasteiger partial charge >= 0.3 is 0 Å². The number of allylic oxidation sites excluding steroid dienone is 1. The molecule has 1 fully saturated rings. The number of benzene rings is 1. The highest BCUT2D eigenvalue weighted by Crippen LogP contribution is 2.46. The van der Waals surface area contributed by atoms with Crippen LogP contribution in [-0.4, -0.2) is 39.1 Å². The van der Waals surface area contributed by atoms with Gasteiger partial charge in [0.05, 0.1) is 23.9 Å². The first-order chi connectivity index (χ1) is 9.65. The minimum absolute atomic E-state index is 0.0839. The first kappa shape index (κ1) is 13.5. The molecule has 0 radical (unpaired) electrons. The van der Waals surface area contributed by atoms with E-state index in [4.69, 9.17) is 4.74 Å². The molecule has 0 aromatic heterocycles. The van der Waals surface area contributed by atoms with Crippen LogP contribution in [-0.2, 0) is 9.53 Å². The van der Waals surface area contributed by atoms with Gasteiger partial charge in [0.1, 0.15) is 0 Å². The third kappa shape index (κ3) is 2.55. The Hall–Kier alpha value is -1.46. The van der Waals surface area contributed by atoms with Crippen LogP contribution < -0.4 is 9.80 Å². The molecule has 0 N–H and O–H groups in total. The highest BCUT2D eigenvalue weighted by atomic mass is 32.2. The molecule has 5 heteroatoms. The lowest BCUT2D eigenvalue weighted by molar-refractivity contribution is -0.112. The molecule has 1 saturated heterocycles. The summed E-state index contributed by atoms with van der Waals surface area (Å²) >= 11 is 1.65. The fraction of sp³-hybridized carbons (Fsp3) is 0.400. The molecule has 0 amide bonds. The van der Waals surface area contributed by atoms with Crippen LogP contribution in [0.2, 0.25) is 0 Å². The number of fused-ring (bicyclic) bond motifs is 1. The second-order valence-corrected chi connectivity index (χ2v) is 6.07. The lowest BCUT2D eigenvalue weighted by atomic mass is 10.2. The van der Waals surface area contributed by atoms with E-state index in [0.29, 0.717) is 0 Å². The lowest BCUT2D eigenvalue weighted by Gasteiger charge is -2.29. The second kappa shape index (κ2) is 5.50. The molecular formula is C15H18N2O2S. The molecular weight excluding hydrogens is 272 g/mol. The van der Waals surface area contributed by atoms with Gasteiger partial charge in [-0.2, -0.15) is 0 Å². The van der Waals surface area contributed by atoms with E-state index in [1.807, 2.05) is 7.05 Å². The molecule has 4 nitrogen and oxygen atoms in total. The van der Waals surface area contributed by atoms with Gasteiger partial charge in [0.25, 0.3) is 0 Å². The maximum atomic E-state index is 11.3. The summed E-state index contributed by atoms with van der Waals surface area (Å²) in [5.41, 5.74) is 2.40. The number of nitrogens with zero attached hydrogens (tertiary/aromatic N) is 2. The van der Waals surface area contributed by atoms with Crippen LogP contribution >= 0.6 is 11.8 Å². The van der Waals surface area contributed by atoms with Crippen molar-refractivity contribution >= 4 is 28.9 Å². The van der Waals surface area contributed by atoms with E-state index in [-0.39, 0.29) is 5.78 Å². The smallest absolute Gasteiger partial charge is 0.155 e. The SMILES string of the molecule is CC(=O)C=C1Sc2ccc(N3CCOCC3)cc2N1C. The number of rotatable bonds is 2. The van der Waals surface area contributed by atoms with Crippen molar-refractivity contribution < 1.29 is 9.53 Å². The summed E-state index contributed by atoms with van der Waals surface area (Å²) in [5.74, 6) is 0.0839. The fourth-order valence-electron chi connectivity index (χ4n) is 2.47. The zero-order valence-electron chi connectivity index (χ0n) is 11.8. The largest absolute Gasteiger partial charge is 0.378 e. The lowest BCUT2D eigenvalue weighted by Crippen LogP contribution is -2.36. The summed E-state index contributed by atoms with van der Waals surface area (Å²) in [6.45, 7) is 5.04. The van der Waals surface area contributed by atoms with Crippen molar-refractivity contribution in [1.29, 1.82) is 0 Å². The first-order valence-electron chi connectivity index (χ1n) is 6.76. The summed E-state index contributed by atoms with van der Waals surface area (Å²) in [7, 11) is 2.01. The van der Waals surface area contributed by atoms with E-state index in [1.165, 1.54) is 16.3 Å². The number of ether oxygens (including phenoxy) is 1. The Morgan fingerprint density at radius 1 is 1.35 bits per heavy atom. The van der Waals surface area contributed by atoms with Gasteiger partial charge in [0, 0.05) is 36.8 Å². The fourth-order valence-corrected chi connectivity index (χ4v) is 3.59. The van der Waals surface area contributed by atoms with Crippen molar-refractivity contribution in [3.63, 3.8) is 0 Å². The minimum Gasteiger partial charge on any atom is -0.378 e. The Morgan fingerprint density at radius 3 is 2.80 bits per heavy atom. The van der Waals surface area contributed by atoms with E-state index < -0.39 is 0 Å². The Kier molecular flexibility index (Phi) is 3.72. The quantitative estimate of drug-likeness (QED) is 0.782. The van der Waals surface area contributed by atoms with Crippen molar-refractivity contribution in [2.45, 2.75) is 11.8 Å². The highest BCUT2D eigenvalue weighted by Gasteiger charge is 2.23. The number of anilines is 2. The Labute approximate surface area is 123 Å². The van der Waals surface area contributed by atoms with E-state index >= 15 is 0 Å². The zero-order valence-corrected chi connectivity index (χ0v) is 12.6. The van der Waals surface area contributed by atoms with E-state index in [0.717, 1.165) is 31.3 Å². The molecule has 0 bridgehead atoms. The van der Waals surface area contributed by atoms with Crippen LogP contribution in [0.4, 0.5) is 11.4 Å². The average Bonchev–Trinajstić information content (AvgIpc) is 2.75. The maximum Gasteiger partial charge on any atom is 0.155 e. The van der Waals surface area contributed by atoms with E-state index in [9.17, 15) is 4.79 Å². The number of ketones is 1. The number of carbonyl (C=O) groups is 1. The molecule has 0 aliphatic carbocycles. The molecule has 2 aliphatic rings. The monoisotopic (exact) mass is 290 g/mol. The molecule has 0 saturated carbocycles. The summed E-state index contributed by atoms with van der Waals surface area (Å²) in [5, 5.41) is 0.992. The molecule has 1 aromatic carbocycles.